The molecule has 0 aliphatic rings. The number of amides is 1. The van der Waals surface area contributed by atoms with E-state index in [4.69, 9.17) is 4.74 Å². The van der Waals surface area contributed by atoms with E-state index in [1.165, 1.54) is 4.52 Å². The standard InChI is InChI=1S/C31H26F3N3O4/c1-17-11-26-29(18(2)36-37(26)28(12-17)41-16-23-24(32)9-10-25(33)30(23)34)27(39)14-21(15-38)31(40)35-22-8-7-19-5-3-4-6-20(19)13-22/h3-13,21,38H,14-16H2,1-2H3,(H,35,40)/t21-/m0/s1. The zero-order valence-electron chi connectivity index (χ0n) is 22.2. The maximum Gasteiger partial charge on any atom is 0.230 e. The van der Waals surface area contributed by atoms with Gasteiger partial charge in [0.25, 0.3) is 0 Å². The van der Waals surface area contributed by atoms with Crippen molar-refractivity contribution in [1.82, 2.24) is 9.61 Å². The van der Waals surface area contributed by atoms with Crippen LogP contribution in [0.5, 0.6) is 5.88 Å². The van der Waals surface area contributed by atoms with Crippen LogP contribution in [0.3, 0.4) is 0 Å². The second-order valence-corrected chi connectivity index (χ2v) is 9.80. The fourth-order valence-electron chi connectivity index (χ4n) is 4.73. The highest BCUT2D eigenvalue weighted by Crippen LogP contribution is 2.27. The van der Waals surface area contributed by atoms with Crippen LogP contribution in [0, 0.1) is 37.2 Å². The topological polar surface area (TPSA) is 92.9 Å². The van der Waals surface area contributed by atoms with Gasteiger partial charge in [-0.05, 0) is 60.5 Å². The van der Waals surface area contributed by atoms with Gasteiger partial charge in [-0.1, -0.05) is 30.3 Å². The van der Waals surface area contributed by atoms with Crippen molar-refractivity contribution in [2.45, 2.75) is 26.9 Å². The van der Waals surface area contributed by atoms with Gasteiger partial charge in [0.1, 0.15) is 12.4 Å². The third-order valence-electron chi connectivity index (χ3n) is 6.84. The van der Waals surface area contributed by atoms with Gasteiger partial charge >= 0.3 is 0 Å². The zero-order chi connectivity index (χ0) is 29.3. The molecule has 2 heterocycles. The maximum absolute atomic E-state index is 14.1. The number of carbonyl (C=O) groups is 2. The molecule has 0 aliphatic carbocycles. The summed E-state index contributed by atoms with van der Waals surface area (Å²) in [5, 5.41) is 19.0. The highest BCUT2D eigenvalue weighted by molar-refractivity contribution is 6.06. The lowest BCUT2D eigenvalue weighted by molar-refractivity contribution is -0.121. The van der Waals surface area contributed by atoms with Crippen molar-refractivity contribution in [3.8, 4) is 5.88 Å². The molecular formula is C31H26F3N3O4. The average Bonchev–Trinajstić information content (AvgIpc) is 3.29. The SMILES string of the molecule is Cc1cc(OCc2c(F)ccc(F)c2F)n2nc(C)c(C(=O)C[C@@H](CO)C(=O)Nc3ccc4ccccc4c3)c2c1. The largest absolute Gasteiger partial charge is 0.473 e. The van der Waals surface area contributed by atoms with E-state index in [1.807, 2.05) is 36.4 Å². The number of fused-ring (bicyclic) bond motifs is 2. The highest BCUT2D eigenvalue weighted by Gasteiger charge is 2.26. The Labute approximate surface area is 233 Å². The summed E-state index contributed by atoms with van der Waals surface area (Å²) in [6, 6.07) is 17.8. The first-order chi connectivity index (χ1) is 19.7. The Morgan fingerprint density at radius 2 is 1.71 bits per heavy atom. The molecule has 0 unspecified atom stereocenters. The van der Waals surface area contributed by atoms with Gasteiger partial charge in [0, 0.05) is 18.2 Å². The highest BCUT2D eigenvalue weighted by atomic mass is 19.2. The number of rotatable bonds is 9. The number of nitrogens with zero attached hydrogens (tertiary/aromatic N) is 2. The number of aryl methyl sites for hydroxylation is 2. The smallest absolute Gasteiger partial charge is 0.230 e. The number of Topliss-reactive ketones (excluding diaryl/α,β-unsaturated/α-hetero) is 1. The van der Waals surface area contributed by atoms with Crippen molar-refractivity contribution < 1.29 is 32.6 Å². The van der Waals surface area contributed by atoms with Crippen LogP contribution in [0.4, 0.5) is 18.9 Å². The summed E-state index contributed by atoms with van der Waals surface area (Å²) in [4.78, 5) is 26.4. The number of hydrogen-bond donors (Lipinski definition) is 2. The van der Waals surface area contributed by atoms with E-state index in [0.29, 0.717) is 28.5 Å². The Morgan fingerprint density at radius 3 is 2.46 bits per heavy atom. The zero-order valence-corrected chi connectivity index (χ0v) is 22.2. The predicted octanol–water partition coefficient (Wildman–Crippen LogP) is 5.92. The fourth-order valence-corrected chi connectivity index (χ4v) is 4.73. The van der Waals surface area contributed by atoms with Crippen molar-refractivity contribution in [3.05, 3.63) is 107 Å². The first-order valence-corrected chi connectivity index (χ1v) is 12.8. The van der Waals surface area contributed by atoms with Crippen molar-refractivity contribution in [2.75, 3.05) is 11.9 Å². The molecule has 0 aliphatic heterocycles. The van der Waals surface area contributed by atoms with Crippen molar-refractivity contribution in [2.24, 2.45) is 5.92 Å². The first kappa shape index (κ1) is 27.9. The van der Waals surface area contributed by atoms with Gasteiger partial charge in [0.2, 0.25) is 11.8 Å². The lowest BCUT2D eigenvalue weighted by Gasteiger charge is -2.14. The van der Waals surface area contributed by atoms with E-state index in [9.17, 15) is 27.9 Å². The van der Waals surface area contributed by atoms with Crippen LogP contribution in [0.25, 0.3) is 16.3 Å². The van der Waals surface area contributed by atoms with Gasteiger partial charge in [0.15, 0.2) is 17.4 Å². The van der Waals surface area contributed by atoms with E-state index < -0.39 is 53.8 Å². The average molecular weight is 562 g/mol. The van der Waals surface area contributed by atoms with Crippen LogP contribution in [-0.4, -0.2) is 33.0 Å². The Hall–Kier alpha value is -4.70. The molecule has 5 rings (SSSR count). The molecular weight excluding hydrogens is 535 g/mol. The van der Waals surface area contributed by atoms with Crippen molar-refractivity contribution in [1.29, 1.82) is 0 Å². The summed E-state index contributed by atoms with van der Waals surface area (Å²) >= 11 is 0. The molecule has 7 nitrogen and oxygen atoms in total. The van der Waals surface area contributed by atoms with E-state index in [0.717, 1.165) is 16.8 Å². The third-order valence-corrected chi connectivity index (χ3v) is 6.84. The monoisotopic (exact) mass is 561 g/mol. The number of anilines is 1. The van der Waals surface area contributed by atoms with E-state index >= 15 is 0 Å². The maximum atomic E-state index is 14.1. The number of hydrogen-bond acceptors (Lipinski definition) is 5. The van der Waals surface area contributed by atoms with Crippen LogP contribution >= 0.6 is 0 Å². The molecule has 2 aromatic heterocycles. The van der Waals surface area contributed by atoms with Crippen LogP contribution in [0.15, 0.2) is 66.7 Å². The van der Waals surface area contributed by atoms with E-state index in [1.54, 1.807) is 32.0 Å². The number of pyridine rings is 1. The minimum Gasteiger partial charge on any atom is -0.473 e. The lowest BCUT2D eigenvalue weighted by Crippen LogP contribution is -2.28. The Balaban J connectivity index is 1.37. The van der Waals surface area contributed by atoms with Crippen molar-refractivity contribution >= 4 is 33.7 Å². The molecule has 1 atom stereocenters. The molecule has 210 valence electrons. The summed E-state index contributed by atoms with van der Waals surface area (Å²) in [5.74, 6) is -5.39. The first-order valence-electron chi connectivity index (χ1n) is 12.8. The van der Waals surface area contributed by atoms with Crippen LogP contribution in [0.1, 0.15) is 33.6 Å². The van der Waals surface area contributed by atoms with Gasteiger partial charge in [-0.25, -0.2) is 17.7 Å². The predicted molar refractivity (Wildman–Crippen MR) is 147 cm³/mol. The number of aromatic nitrogens is 2. The molecule has 0 radical (unpaired) electrons. The normalized spacial score (nSPS) is 12.0. The number of carbonyl (C=O) groups excluding carboxylic acids is 2. The van der Waals surface area contributed by atoms with E-state index in [-0.39, 0.29) is 17.9 Å². The molecule has 2 N–H and O–H groups in total. The van der Waals surface area contributed by atoms with Crippen LogP contribution in [0.2, 0.25) is 0 Å². The minimum atomic E-state index is -1.35. The summed E-state index contributed by atoms with van der Waals surface area (Å²) in [7, 11) is 0. The Bertz CT molecular complexity index is 1800. The molecule has 0 fully saturated rings. The van der Waals surface area contributed by atoms with Gasteiger partial charge < -0.3 is 15.2 Å². The van der Waals surface area contributed by atoms with E-state index in [2.05, 4.69) is 10.4 Å². The fraction of sp³-hybridized carbons (Fsp3) is 0.194. The van der Waals surface area contributed by atoms with Gasteiger partial charge in [0.05, 0.1) is 34.9 Å². The number of ether oxygens (including phenoxy) is 1. The van der Waals surface area contributed by atoms with Gasteiger partial charge in [-0.3, -0.25) is 9.59 Å². The number of benzene rings is 3. The number of halogens is 3. The Kier molecular flexibility index (Phi) is 7.76. The molecule has 41 heavy (non-hydrogen) atoms. The van der Waals surface area contributed by atoms with Gasteiger partial charge in [-0.2, -0.15) is 5.10 Å². The minimum absolute atomic E-state index is 0.0815. The molecule has 10 heteroatoms. The number of nitrogens with one attached hydrogen (secondary N) is 1. The third kappa shape index (κ3) is 5.64. The Morgan fingerprint density at radius 1 is 0.976 bits per heavy atom. The van der Waals surface area contributed by atoms with Crippen LogP contribution < -0.4 is 10.1 Å². The second kappa shape index (κ2) is 11.4. The summed E-state index contributed by atoms with van der Waals surface area (Å²) in [6.45, 7) is 2.17. The van der Waals surface area contributed by atoms with Crippen molar-refractivity contribution in [3.63, 3.8) is 0 Å². The number of aliphatic hydroxyl groups excluding tert-OH is 1. The molecule has 3 aromatic carbocycles. The molecule has 0 spiro atoms. The number of aliphatic hydroxyl groups is 1. The molecule has 0 saturated carbocycles. The van der Waals surface area contributed by atoms with Gasteiger partial charge in [-0.15, -0.1) is 0 Å². The molecule has 0 bridgehead atoms. The summed E-state index contributed by atoms with van der Waals surface area (Å²) in [6.07, 6.45) is -0.290. The quantitative estimate of drug-likeness (QED) is 0.172. The molecule has 0 saturated heterocycles. The summed E-state index contributed by atoms with van der Waals surface area (Å²) in [5.41, 5.74) is 1.53. The van der Waals surface area contributed by atoms with Crippen LogP contribution in [-0.2, 0) is 11.4 Å². The lowest BCUT2D eigenvalue weighted by atomic mass is 9.97. The molecule has 1 amide bonds. The number of ketones is 1. The summed E-state index contributed by atoms with van der Waals surface area (Å²) < 4.78 is 48.8. The molecule has 5 aromatic rings. The second-order valence-electron chi connectivity index (χ2n) is 9.80.